The Morgan fingerprint density at radius 1 is 0.724 bits per heavy atom. The topological polar surface area (TPSA) is 52.6 Å². The lowest BCUT2D eigenvalue weighted by Gasteiger charge is -2.05. The summed E-state index contributed by atoms with van der Waals surface area (Å²) in [5.74, 6) is 14.2. The van der Waals surface area contributed by atoms with Gasteiger partial charge in [-0.3, -0.25) is 9.59 Å². The van der Waals surface area contributed by atoms with Crippen LogP contribution in [0.15, 0.2) is 48.5 Å². The van der Waals surface area contributed by atoms with Crippen molar-refractivity contribution in [1.29, 1.82) is 0 Å². The lowest BCUT2D eigenvalue weighted by molar-refractivity contribution is -0.132. The first-order valence-corrected chi connectivity index (χ1v) is 10.2. The maximum absolute atomic E-state index is 11.1. The number of rotatable bonds is 6. The molecule has 2 aromatic rings. The summed E-state index contributed by atoms with van der Waals surface area (Å²) in [6.07, 6.45) is 1.06. The summed E-state index contributed by atoms with van der Waals surface area (Å²) in [6.45, 7) is 2.77. The SMILES string of the molecule is CC(=O)Oc1ccccc1CC#CCSCC#CCc1ccccc1OC(C)=O. The molecule has 0 unspecified atom stereocenters. The van der Waals surface area contributed by atoms with E-state index in [0.29, 0.717) is 35.8 Å². The predicted octanol–water partition coefficient (Wildman–Crippen LogP) is 4.06. The third-order valence-corrected chi connectivity index (χ3v) is 4.31. The molecule has 5 heteroatoms. The summed E-state index contributed by atoms with van der Waals surface area (Å²) in [7, 11) is 0. The van der Waals surface area contributed by atoms with Crippen molar-refractivity contribution in [3.8, 4) is 35.2 Å². The second-order valence-electron chi connectivity index (χ2n) is 5.96. The zero-order chi connectivity index (χ0) is 20.9. The molecule has 0 aliphatic carbocycles. The van der Waals surface area contributed by atoms with Crippen molar-refractivity contribution < 1.29 is 19.1 Å². The molecule has 0 amide bonds. The van der Waals surface area contributed by atoms with Gasteiger partial charge in [0.15, 0.2) is 0 Å². The number of hydrogen-bond donors (Lipinski definition) is 0. The fraction of sp³-hybridized carbons (Fsp3) is 0.250. The first-order valence-electron chi connectivity index (χ1n) is 9.08. The minimum absolute atomic E-state index is 0.338. The van der Waals surface area contributed by atoms with Crippen LogP contribution in [0.4, 0.5) is 0 Å². The van der Waals surface area contributed by atoms with E-state index in [-0.39, 0.29) is 11.9 Å². The van der Waals surface area contributed by atoms with Crippen LogP contribution in [-0.4, -0.2) is 23.4 Å². The number of hydrogen-bond acceptors (Lipinski definition) is 5. The molecule has 0 heterocycles. The van der Waals surface area contributed by atoms with E-state index in [9.17, 15) is 9.59 Å². The van der Waals surface area contributed by atoms with E-state index in [1.807, 2.05) is 36.4 Å². The largest absolute Gasteiger partial charge is 0.426 e. The molecule has 2 aromatic carbocycles. The van der Waals surface area contributed by atoms with Crippen molar-refractivity contribution in [3.63, 3.8) is 0 Å². The Labute approximate surface area is 176 Å². The second-order valence-corrected chi connectivity index (χ2v) is 6.94. The highest BCUT2D eigenvalue weighted by Gasteiger charge is 2.04. The third kappa shape index (κ3) is 8.60. The van der Waals surface area contributed by atoms with Crippen molar-refractivity contribution in [3.05, 3.63) is 59.7 Å². The molecular weight excluding hydrogens is 384 g/mol. The van der Waals surface area contributed by atoms with Crippen molar-refractivity contribution in [2.75, 3.05) is 11.5 Å². The molecule has 0 N–H and O–H groups in total. The van der Waals surface area contributed by atoms with Crippen LogP contribution in [-0.2, 0) is 22.4 Å². The minimum atomic E-state index is -0.338. The average Bonchev–Trinajstić information content (AvgIpc) is 2.68. The van der Waals surface area contributed by atoms with Crippen LogP contribution in [0.25, 0.3) is 0 Å². The zero-order valence-electron chi connectivity index (χ0n) is 16.5. The quantitative estimate of drug-likeness (QED) is 0.313. The number of carbonyl (C=O) groups excluding carboxylic acids is 2. The van der Waals surface area contributed by atoms with Crippen molar-refractivity contribution in [2.45, 2.75) is 26.7 Å². The van der Waals surface area contributed by atoms with Crippen molar-refractivity contribution in [2.24, 2.45) is 0 Å². The van der Waals surface area contributed by atoms with Gasteiger partial charge in [0, 0.05) is 37.8 Å². The lowest BCUT2D eigenvalue weighted by atomic mass is 10.1. The highest BCUT2D eigenvalue weighted by atomic mass is 32.2. The molecule has 0 spiro atoms. The van der Waals surface area contributed by atoms with Gasteiger partial charge in [0.2, 0.25) is 0 Å². The summed E-state index contributed by atoms with van der Waals surface area (Å²) in [5, 5.41) is 0. The molecule has 0 radical (unpaired) electrons. The van der Waals surface area contributed by atoms with Gasteiger partial charge in [-0.25, -0.2) is 0 Å². The number of carbonyl (C=O) groups is 2. The highest BCUT2D eigenvalue weighted by Crippen LogP contribution is 2.19. The van der Waals surface area contributed by atoms with Crippen LogP contribution in [0.3, 0.4) is 0 Å². The van der Waals surface area contributed by atoms with Gasteiger partial charge < -0.3 is 9.47 Å². The number of benzene rings is 2. The summed E-state index contributed by atoms with van der Waals surface area (Å²) < 4.78 is 10.4. The lowest BCUT2D eigenvalue weighted by Crippen LogP contribution is -2.03. The van der Waals surface area contributed by atoms with Crippen molar-refractivity contribution in [1.82, 2.24) is 0 Å². The number of esters is 2. The predicted molar refractivity (Wildman–Crippen MR) is 116 cm³/mol. The molecular formula is C24H22O4S. The Morgan fingerprint density at radius 2 is 1.14 bits per heavy atom. The van der Waals surface area contributed by atoms with E-state index < -0.39 is 0 Å². The molecule has 0 aliphatic heterocycles. The number of para-hydroxylation sites is 2. The second kappa shape index (κ2) is 12.3. The number of ether oxygens (including phenoxy) is 2. The molecule has 0 saturated heterocycles. The van der Waals surface area contributed by atoms with Crippen LogP contribution in [0.2, 0.25) is 0 Å². The van der Waals surface area contributed by atoms with Gasteiger partial charge in [0.05, 0.1) is 11.5 Å². The van der Waals surface area contributed by atoms with E-state index in [4.69, 9.17) is 9.47 Å². The van der Waals surface area contributed by atoms with Gasteiger partial charge in [0.25, 0.3) is 0 Å². The van der Waals surface area contributed by atoms with Gasteiger partial charge in [-0.15, -0.1) is 11.8 Å². The summed E-state index contributed by atoms with van der Waals surface area (Å²) in [4.78, 5) is 22.3. The fourth-order valence-corrected chi connectivity index (χ4v) is 2.89. The molecule has 0 saturated carbocycles. The van der Waals surface area contributed by atoms with E-state index in [0.717, 1.165) is 11.1 Å². The third-order valence-electron chi connectivity index (χ3n) is 3.61. The van der Waals surface area contributed by atoms with Gasteiger partial charge >= 0.3 is 11.9 Å². The van der Waals surface area contributed by atoms with E-state index in [2.05, 4.69) is 23.7 Å². The average molecular weight is 407 g/mol. The van der Waals surface area contributed by atoms with Crippen LogP contribution >= 0.6 is 11.8 Å². The molecule has 29 heavy (non-hydrogen) atoms. The zero-order valence-corrected chi connectivity index (χ0v) is 17.3. The standard InChI is InChI=1S/C24H22O4S/c1-19(25)27-23-15-5-3-11-21(23)13-7-9-17-29-18-10-8-14-22-12-4-6-16-24(22)28-20(2)26/h3-6,11-12,15-16H,13-14,17-18H2,1-2H3. The molecule has 2 rings (SSSR count). The molecule has 0 aliphatic rings. The Hall–Kier alpha value is -3.15. The summed E-state index contributed by atoms with van der Waals surface area (Å²) in [5.41, 5.74) is 1.79. The van der Waals surface area contributed by atoms with E-state index in [1.165, 1.54) is 13.8 Å². The van der Waals surface area contributed by atoms with Crippen LogP contribution in [0, 0.1) is 23.7 Å². The monoisotopic (exact) mass is 406 g/mol. The van der Waals surface area contributed by atoms with E-state index in [1.54, 1.807) is 23.9 Å². The maximum atomic E-state index is 11.1. The fourth-order valence-electron chi connectivity index (χ4n) is 2.38. The Morgan fingerprint density at radius 3 is 1.55 bits per heavy atom. The molecule has 0 aromatic heterocycles. The van der Waals surface area contributed by atoms with Crippen LogP contribution in [0.5, 0.6) is 11.5 Å². The highest BCUT2D eigenvalue weighted by molar-refractivity contribution is 7.99. The van der Waals surface area contributed by atoms with Gasteiger partial charge in [0.1, 0.15) is 11.5 Å². The van der Waals surface area contributed by atoms with Gasteiger partial charge in [-0.05, 0) is 12.1 Å². The van der Waals surface area contributed by atoms with Gasteiger partial charge in [-0.2, -0.15) is 0 Å². The van der Waals surface area contributed by atoms with Gasteiger partial charge in [-0.1, -0.05) is 60.1 Å². The van der Waals surface area contributed by atoms with E-state index >= 15 is 0 Å². The van der Waals surface area contributed by atoms with Crippen LogP contribution in [0.1, 0.15) is 25.0 Å². The minimum Gasteiger partial charge on any atom is -0.426 e. The van der Waals surface area contributed by atoms with Crippen molar-refractivity contribution >= 4 is 23.7 Å². The maximum Gasteiger partial charge on any atom is 0.308 e. The molecule has 0 fully saturated rings. The molecule has 0 bridgehead atoms. The number of thioether (sulfide) groups is 1. The smallest absolute Gasteiger partial charge is 0.308 e. The first-order chi connectivity index (χ1) is 14.1. The summed E-state index contributed by atoms with van der Waals surface area (Å²) in [6, 6.07) is 14.8. The summed E-state index contributed by atoms with van der Waals surface area (Å²) >= 11 is 1.64. The Balaban J connectivity index is 1.75. The Bertz CT molecular complexity index is 894. The normalized spacial score (nSPS) is 9.45. The molecule has 4 nitrogen and oxygen atoms in total. The first kappa shape index (κ1) is 22.1. The van der Waals surface area contributed by atoms with Crippen LogP contribution < -0.4 is 9.47 Å². The molecule has 0 atom stereocenters. The Kier molecular flexibility index (Phi) is 9.42. The molecule has 148 valence electrons.